The second kappa shape index (κ2) is 9.68. The minimum Gasteiger partial charge on any atom is -0.482 e. The number of nitrogens with one attached hydrogen (secondary N) is 3. The Morgan fingerprint density at radius 2 is 1.97 bits per heavy atom. The third kappa shape index (κ3) is 4.99. The number of benzene rings is 2. The molecule has 2 aromatic carbocycles. The van der Waals surface area contributed by atoms with Crippen molar-refractivity contribution in [1.29, 1.82) is 0 Å². The summed E-state index contributed by atoms with van der Waals surface area (Å²) in [7, 11) is 0. The van der Waals surface area contributed by atoms with Gasteiger partial charge in [-0.2, -0.15) is 0 Å². The number of aliphatic imine (C=N–C) groups is 1. The number of guanidine groups is 1. The van der Waals surface area contributed by atoms with E-state index in [9.17, 15) is 9.59 Å². The summed E-state index contributed by atoms with van der Waals surface area (Å²) in [5.41, 5.74) is 14.0. The Labute approximate surface area is 207 Å². The van der Waals surface area contributed by atoms with Crippen molar-refractivity contribution in [3.8, 4) is 5.75 Å². The van der Waals surface area contributed by atoms with Crippen molar-refractivity contribution in [3.63, 3.8) is 0 Å². The summed E-state index contributed by atoms with van der Waals surface area (Å²) in [5.74, 6) is 0.441. The molecule has 2 aliphatic rings. The number of hydrogen-bond acceptors (Lipinski definition) is 7. The van der Waals surface area contributed by atoms with Gasteiger partial charge in [0, 0.05) is 11.1 Å². The molecule has 7 N–H and O–H groups in total. The molecule has 1 aliphatic heterocycles. The van der Waals surface area contributed by atoms with E-state index in [0.29, 0.717) is 28.5 Å². The third-order valence-electron chi connectivity index (χ3n) is 6.29. The first kappa shape index (κ1) is 23.3. The SMILES string of the molecule is Cc1ccc2nc(C(=O)Nc3ccc4c(c3)NC(=O)CO4)nc(N[C@H]3CCCC[C@H]3N=C(N)N)c2c1. The summed E-state index contributed by atoms with van der Waals surface area (Å²) >= 11 is 0. The number of carbonyl (C=O) groups excluding carboxylic acids is 2. The van der Waals surface area contributed by atoms with Crippen molar-refractivity contribution >= 4 is 45.9 Å². The van der Waals surface area contributed by atoms with Crippen molar-refractivity contribution < 1.29 is 14.3 Å². The normalized spacial score (nSPS) is 19.0. The Kier molecular flexibility index (Phi) is 6.28. The molecule has 186 valence electrons. The number of fused-ring (bicyclic) bond motifs is 2. The number of nitrogens with zero attached hydrogens (tertiary/aromatic N) is 3. The maximum atomic E-state index is 13.2. The van der Waals surface area contributed by atoms with E-state index in [1.54, 1.807) is 18.2 Å². The highest BCUT2D eigenvalue weighted by atomic mass is 16.5. The molecule has 36 heavy (non-hydrogen) atoms. The molecule has 0 radical (unpaired) electrons. The second-order valence-electron chi connectivity index (χ2n) is 9.07. The first-order chi connectivity index (χ1) is 17.4. The van der Waals surface area contributed by atoms with Gasteiger partial charge in [-0.15, -0.1) is 0 Å². The molecule has 1 aliphatic carbocycles. The molecule has 0 unspecified atom stereocenters. The van der Waals surface area contributed by atoms with Crippen LogP contribution in [0.25, 0.3) is 10.9 Å². The highest BCUT2D eigenvalue weighted by Crippen LogP contribution is 2.31. The second-order valence-corrected chi connectivity index (χ2v) is 9.07. The van der Waals surface area contributed by atoms with E-state index >= 15 is 0 Å². The van der Waals surface area contributed by atoms with E-state index in [0.717, 1.165) is 36.6 Å². The predicted octanol–water partition coefficient (Wildman–Crippen LogP) is 2.52. The quantitative estimate of drug-likeness (QED) is 0.269. The molecule has 5 rings (SSSR count). The molecule has 1 fully saturated rings. The van der Waals surface area contributed by atoms with Gasteiger partial charge in [-0.25, -0.2) is 15.0 Å². The van der Waals surface area contributed by atoms with Crippen LogP contribution >= 0.6 is 0 Å². The Morgan fingerprint density at radius 3 is 2.81 bits per heavy atom. The van der Waals surface area contributed by atoms with Gasteiger partial charge in [0.05, 0.1) is 23.3 Å². The summed E-state index contributed by atoms with van der Waals surface area (Å²) in [6.45, 7) is 1.95. The average molecular weight is 489 g/mol. The van der Waals surface area contributed by atoms with Crippen LogP contribution in [0.2, 0.25) is 0 Å². The highest BCUT2D eigenvalue weighted by molar-refractivity contribution is 6.05. The molecule has 0 spiro atoms. The monoisotopic (exact) mass is 488 g/mol. The minimum atomic E-state index is -0.479. The maximum absolute atomic E-state index is 13.2. The topological polar surface area (TPSA) is 170 Å². The smallest absolute Gasteiger partial charge is 0.293 e. The lowest BCUT2D eigenvalue weighted by atomic mass is 9.90. The molecule has 0 saturated heterocycles. The Balaban J connectivity index is 1.45. The Bertz CT molecular complexity index is 1370. The van der Waals surface area contributed by atoms with Crippen LogP contribution in [0.5, 0.6) is 5.75 Å². The standard InChI is InChI=1S/C25H28N8O3/c1-13-6-8-16-15(10-13)22(31-17-4-2-3-5-18(17)32-25(26)27)33-23(30-16)24(35)28-14-7-9-20-19(11-14)29-21(34)12-36-20/h6-11,17-18H,2-5,12H2,1H3,(H,28,35)(H,29,34)(H4,26,27,32)(H,30,31,33)/t17-,18+/m0/s1. The lowest BCUT2D eigenvalue weighted by molar-refractivity contribution is -0.118. The van der Waals surface area contributed by atoms with Crippen LogP contribution in [0.15, 0.2) is 41.4 Å². The number of ether oxygens (including phenoxy) is 1. The van der Waals surface area contributed by atoms with E-state index < -0.39 is 5.91 Å². The zero-order valence-corrected chi connectivity index (χ0v) is 19.9. The van der Waals surface area contributed by atoms with Gasteiger partial charge in [0.25, 0.3) is 11.8 Å². The largest absolute Gasteiger partial charge is 0.482 e. The molecule has 11 heteroatoms. The maximum Gasteiger partial charge on any atom is 0.293 e. The van der Waals surface area contributed by atoms with Crippen LogP contribution in [0.1, 0.15) is 41.9 Å². The minimum absolute atomic E-state index is 0.0149. The Hall–Kier alpha value is -4.41. The fourth-order valence-corrected chi connectivity index (χ4v) is 4.60. The molecule has 1 aromatic heterocycles. The zero-order chi connectivity index (χ0) is 25.2. The number of rotatable bonds is 5. The lowest BCUT2D eigenvalue weighted by Crippen LogP contribution is -2.38. The molecular weight excluding hydrogens is 460 g/mol. The van der Waals surface area contributed by atoms with Gasteiger partial charge < -0.3 is 32.2 Å². The lowest BCUT2D eigenvalue weighted by Gasteiger charge is -2.30. The predicted molar refractivity (Wildman–Crippen MR) is 138 cm³/mol. The van der Waals surface area contributed by atoms with Gasteiger partial charge in [-0.3, -0.25) is 9.59 Å². The van der Waals surface area contributed by atoms with Crippen LogP contribution in [-0.4, -0.2) is 46.4 Å². The van der Waals surface area contributed by atoms with Crippen molar-refractivity contribution in [2.45, 2.75) is 44.7 Å². The molecule has 2 amide bonds. The van der Waals surface area contributed by atoms with E-state index in [2.05, 4.69) is 30.9 Å². The first-order valence-electron chi connectivity index (χ1n) is 11.9. The number of hydrogen-bond donors (Lipinski definition) is 5. The van der Waals surface area contributed by atoms with E-state index in [-0.39, 0.29) is 36.4 Å². The number of amides is 2. The van der Waals surface area contributed by atoms with E-state index in [4.69, 9.17) is 16.2 Å². The molecule has 3 aromatic rings. The van der Waals surface area contributed by atoms with Crippen molar-refractivity contribution in [3.05, 3.63) is 47.8 Å². The van der Waals surface area contributed by atoms with Gasteiger partial charge >= 0.3 is 0 Å². The number of nitrogens with two attached hydrogens (primary N) is 2. The summed E-state index contributed by atoms with van der Waals surface area (Å²) in [6.07, 6.45) is 3.83. The molecule has 2 atom stereocenters. The Morgan fingerprint density at radius 1 is 1.14 bits per heavy atom. The first-order valence-corrected chi connectivity index (χ1v) is 11.9. The summed E-state index contributed by atoms with van der Waals surface area (Å²) < 4.78 is 5.38. The molecule has 1 saturated carbocycles. The number of aryl methyl sites for hydroxylation is 1. The zero-order valence-electron chi connectivity index (χ0n) is 19.9. The summed E-state index contributed by atoms with van der Waals surface area (Å²) in [4.78, 5) is 38.3. The van der Waals surface area contributed by atoms with Gasteiger partial charge in [-0.05, 0) is 50.1 Å². The van der Waals surface area contributed by atoms with Gasteiger partial charge in [0.15, 0.2) is 12.6 Å². The molecular formula is C25H28N8O3. The fourth-order valence-electron chi connectivity index (χ4n) is 4.60. The van der Waals surface area contributed by atoms with Crippen molar-refractivity contribution in [2.75, 3.05) is 22.6 Å². The fraction of sp³-hybridized carbons (Fsp3) is 0.320. The van der Waals surface area contributed by atoms with Gasteiger partial charge in [-0.1, -0.05) is 24.5 Å². The molecule has 11 nitrogen and oxygen atoms in total. The van der Waals surface area contributed by atoms with Crippen LogP contribution < -0.4 is 32.2 Å². The van der Waals surface area contributed by atoms with E-state index in [1.165, 1.54) is 0 Å². The van der Waals surface area contributed by atoms with Crippen LogP contribution in [0, 0.1) is 6.92 Å². The van der Waals surface area contributed by atoms with Crippen LogP contribution in [0.3, 0.4) is 0 Å². The van der Waals surface area contributed by atoms with Gasteiger partial charge in [0.2, 0.25) is 5.82 Å². The van der Waals surface area contributed by atoms with E-state index in [1.807, 2.05) is 25.1 Å². The van der Waals surface area contributed by atoms with Crippen molar-refractivity contribution in [2.24, 2.45) is 16.5 Å². The summed E-state index contributed by atoms with van der Waals surface area (Å²) in [5, 5.41) is 9.85. The molecule has 2 heterocycles. The van der Waals surface area contributed by atoms with Crippen LogP contribution in [-0.2, 0) is 4.79 Å². The summed E-state index contributed by atoms with van der Waals surface area (Å²) in [6, 6.07) is 10.7. The molecule has 0 bridgehead atoms. The van der Waals surface area contributed by atoms with Crippen LogP contribution in [0.4, 0.5) is 17.2 Å². The number of carbonyl (C=O) groups is 2. The third-order valence-corrected chi connectivity index (χ3v) is 6.29. The number of anilines is 3. The van der Waals surface area contributed by atoms with Gasteiger partial charge in [0.1, 0.15) is 11.6 Å². The average Bonchev–Trinajstić information content (AvgIpc) is 2.84. The van der Waals surface area contributed by atoms with Crippen molar-refractivity contribution in [1.82, 2.24) is 9.97 Å². The highest BCUT2D eigenvalue weighted by Gasteiger charge is 2.27. The number of aromatic nitrogens is 2.